The van der Waals surface area contributed by atoms with Crippen molar-refractivity contribution in [2.75, 3.05) is 47.8 Å². The number of imide groups is 2. The maximum absolute atomic E-state index is 15.5. The van der Waals surface area contributed by atoms with E-state index in [0.717, 1.165) is 87.7 Å². The number of nitrogens with zero attached hydrogens (tertiary/aromatic N) is 6. The first-order chi connectivity index (χ1) is 38.5. The molecule has 4 aliphatic heterocycles. The van der Waals surface area contributed by atoms with E-state index in [9.17, 15) is 33.6 Å². The fourth-order valence-corrected chi connectivity index (χ4v) is 12.6. The molecule has 6 heterocycles. The highest BCUT2D eigenvalue weighted by Crippen LogP contribution is 2.39. The number of fused-ring (bicyclic) bond motifs is 3. The lowest BCUT2D eigenvalue weighted by molar-refractivity contribution is -0.136. The quantitative estimate of drug-likeness (QED) is 0.0819. The standard InChI is InChI=1S/C61H63FN8O9S/c1-35-39(40-22-24-51(64-54(40)59(77)79-61(2,3)4)69-27-26-37-11-8-13-41(44(37)34-69)55(73)66-60-63-46-14-5-6-16-50(46)80-60)12-9-15-49(35)78-38-20-18-36(19-21-38)10-7-17-53(72)68-30-28-67(29-31-68)48-33-43-42(32-45(48)62)57(75)70(58(43)76)47-23-25-52(71)65-56(47)74/h5-6,8-9,11-16,22,24,32-33,36,38,47H,7,10,17-21,23,25-31,34H2,1-4H3,(H,63,66,73)(H,65,71,74). The van der Waals surface area contributed by atoms with Gasteiger partial charge in [-0.1, -0.05) is 47.7 Å². The maximum Gasteiger partial charge on any atom is 0.358 e. The van der Waals surface area contributed by atoms with Crippen LogP contribution in [0.3, 0.4) is 0 Å². The Morgan fingerprint density at radius 3 is 2.29 bits per heavy atom. The van der Waals surface area contributed by atoms with Crippen LogP contribution in [0, 0.1) is 18.7 Å². The van der Waals surface area contributed by atoms with E-state index in [4.69, 9.17) is 14.5 Å². The lowest BCUT2D eigenvalue weighted by atomic mass is 9.84. The molecule has 19 heteroatoms. The molecule has 2 saturated heterocycles. The van der Waals surface area contributed by atoms with Crippen molar-refractivity contribution in [3.8, 4) is 16.9 Å². The zero-order chi connectivity index (χ0) is 56.0. The number of halogens is 1. The van der Waals surface area contributed by atoms with Crippen molar-refractivity contribution in [3.63, 3.8) is 0 Å². The van der Waals surface area contributed by atoms with Gasteiger partial charge in [0.05, 0.1) is 33.1 Å². The van der Waals surface area contributed by atoms with Crippen LogP contribution >= 0.6 is 11.3 Å². The smallest absolute Gasteiger partial charge is 0.358 e. The number of ether oxygens (including phenoxy) is 2. The molecule has 1 atom stereocenters. The van der Waals surface area contributed by atoms with Gasteiger partial charge in [0.1, 0.15) is 29.0 Å². The fourth-order valence-electron chi connectivity index (χ4n) is 11.8. The summed E-state index contributed by atoms with van der Waals surface area (Å²) in [5.74, 6) is -2.28. The number of carbonyl (C=O) groups is 7. The van der Waals surface area contributed by atoms with Crippen LogP contribution in [0.25, 0.3) is 21.3 Å². The number of piperidine rings is 1. The maximum atomic E-state index is 15.5. The molecule has 0 radical (unpaired) electrons. The van der Waals surface area contributed by atoms with Gasteiger partial charge in [-0.3, -0.25) is 44.3 Å². The van der Waals surface area contributed by atoms with Crippen molar-refractivity contribution in [1.82, 2.24) is 25.1 Å². The third-order valence-electron chi connectivity index (χ3n) is 16.0. The van der Waals surface area contributed by atoms with Crippen molar-refractivity contribution in [3.05, 3.63) is 130 Å². The Morgan fingerprint density at radius 1 is 0.787 bits per heavy atom. The fraction of sp³-hybridized carbons (Fsp3) is 0.393. The van der Waals surface area contributed by atoms with Gasteiger partial charge in [0.2, 0.25) is 17.7 Å². The van der Waals surface area contributed by atoms with Crippen molar-refractivity contribution < 1.29 is 47.4 Å². The predicted octanol–water partition coefficient (Wildman–Crippen LogP) is 9.43. The number of nitrogens with one attached hydrogen (secondary N) is 2. The number of aromatic nitrogens is 2. The first-order valence-electron chi connectivity index (χ1n) is 27.6. The third kappa shape index (κ3) is 11.1. The molecule has 414 valence electrons. The largest absolute Gasteiger partial charge is 0.490 e. The summed E-state index contributed by atoms with van der Waals surface area (Å²) in [7, 11) is 0. The molecule has 17 nitrogen and oxygen atoms in total. The van der Waals surface area contributed by atoms with Gasteiger partial charge in [0.15, 0.2) is 10.8 Å². The van der Waals surface area contributed by atoms with E-state index < -0.39 is 47.1 Å². The van der Waals surface area contributed by atoms with Crippen molar-refractivity contribution in [2.24, 2.45) is 5.92 Å². The number of pyridine rings is 1. The predicted molar refractivity (Wildman–Crippen MR) is 300 cm³/mol. The number of anilines is 3. The molecular formula is C61H63FN8O9S. The lowest BCUT2D eigenvalue weighted by Crippen LogP contribution is -2.54. The number of thiazole rings is 1. The highest BCUT2D eigenvalue weighted by Gasteiger charge is 2.45. The number of hydrogen-bond acceptors (Lipinski definition) is 14. The van der Waals surface area contributed by atoms with Crippen molar-refractivity contribution in [2.45, 2.75) is 116 Å². The van der Waals surface area contributed by atoms with Gasteiger partial charge in [-0.25, -0.2) is 19.2 Å². The number of para-hydroxylation sites is 1. The summed E-state index contributed by atoms with van der Waals surface area (Å²) >= 11 is 1.43. The average molecular weight is 1100 g/mol. The molecule has 0 spiro atoms. The second-order valence-electron chi connectivity index (χ2n) is 22.4. The first kappa shape index (κ1) is 53.9. The van der Waals surface area contributed by atoms with Crippen LogP contribution < -0.4 is 25.2 Å². The van der Waals surface area contributed by atoms with Crippen LogP contribution in [0.2, 0.25) is 0 Å². The second kappa shape index (κ2) is 22.2. The van der Waals surface area contributed by atoms with Gasteiger partial charge in [-0.15, -0.1) is 0 Å². The average Bonchev–Trinajstić information content (AvgIpc) is 4.11. The Morgan fingerprint density at radius 2 is 1.54 bits per heavy atom. The molecule has 4 aromatic carbocycles. The van der Waals surface area contributed by atoms with Gasteiger partial charge < -0.3 is 24.2 Å². The molecule has 1 saturated carbocycles. The van der Waals surface area contributed by atoms with Crippen molar-refractivity contribution in [1.29, 1.82) is 0 Å². The minimum Gasteiger partial charge on any atom is -0.490 e. The molecule has 2 N–H and O–H groups in total. The summed E-state index contributed by atoms with van der Waals surface area (Å²) in [6.07, 6.45) is 6.40. The van der Waals surface area contributed by atoms with E-state index in [0.29, 0.717) is 80.1 Å². The topological polar surface area (TPSA) is 201 Å². The second-order valence-corrected chi connectivity index (χ2v) is 23.4. The summed E-state index contributed by atoms with van der Waals surface area (Å²) in [5.41, 5.74) is 5.17. The Bertz CT molecular complexity index is 3450. The van der Waals surface area contributed by atoms with E-state index in [1.807, 2.05) is 94.4 Å². The van der Waals surface area contributed by atoms with Crippen LogP contribution in [0.15, 0.2) is 84.9 Å². The molecule has 2 aromatic heterocycles. The van der Waals surface area contributed by atoms with E-state index in [1.54, 1.807) is 9.80 Å². The Kier molecular flexibility index (Phi) is 15.0. The summed E-state index contributed by atoms with van der Waals surface area (Å²) in [6.45, 7) is 9.99. The Hall–Kier alpha value is -8.06. The normalized spacial score (nSPS) is 19.4. The third-order valence-corrected chi connectivity index (χ3v) is 16.9. The summed E-state index contributed by atoms with van der Waals surface area (Å²) in [5, 5.41) is 5.72. The molecule has 1 unspecified atom stereocenters. The van der Waals surface area contributed by atoms with E-state index in [1.165, 1.54) is 17.4 Å². The number of rotatable bonds is 13. The van der Waals surface area contributed by atoms with Crippen LogP contribution in [0.4, 0.5) is 21.0 Å². The molecular weight excluding hydrogens is 1040 g/mol. The highest BCUT2D eigenvalue weighted by molar-refractivity contribution is 7.22. The number of piperazine rings is 1. The lowest BCUT2D eigenvalue weighted by Gasteiger charge is -2.36. The summed E-state index contributed by atoms with van der Waals surface area (Å²) in [4.78, 5) is 108. The van der Waals surface area contributed by atoms with E-state index in [2.05, 4.69) is 26.6 Å². The van der Waals surface area contributed by atoms with E-state index >= 15 is 4.39 Å². The highest BCUT2D eigenvalue weighted by atomic mass is 32.1. The molecule has 3 fully saturated rings. The van der Waals surface area contributed by atoms with Gasteiger partial charge >= 0.3 is 5.97 Å². The summed E-state index contributed by atoms with van der Waals surface area (Å²) < 4.78 is 29.2. The number of amides is 6. The van der Waals surface area contributed by atoms with Crippen LogP contribution in [-0.2, 0) is 32.1 Å². The monoisotopic (exact) mass is 1100 g/mol. The number of carbonyl (C=O) groups excluding carboxylic acids is 7. The number of hydrogen-bond donors (Lipinski definition) is 2. The summed E-state index contributed by atoms with van der Waals surface area (Å²) in [6, 6.07) is 24.6. The first-order valence-corrected chi connectivity index (χ1v) is 28.4. The molecule has 6 aromatic rings. The van der Waals surface area contributed by atoms with Crippen molar-refractivity contribution >= 4 is 79.6 Å². The van der Waals surface area contributed by atoms with Gasteiger partial charge in [-0.05, 0) is 156 Å². The minimum absolute atomic E-state index is 0.00231. The van der Waals surface area contributed by atoms with Crippen LogP contribution in [0.1, 0.15) is 137 Å². The molecule has 80 heavy (non-hydrogen) atoms. The SMILES string of the molecule is Cc1c(OC2CCC(CCCC(=O)N3CCN(c4cc5c(cc4F)C(=O)N(C4CCC(=O)NC4=O)C5=O)CC3)CC2)cccc1-c1ccc(N2CCc3cccc(C(=O)Nc4nc5ccccc5s4)c3C2)nc1C(=O)OC(C)(C)C. The van der Waals surface area contributed by atoms with Crippen LogP contribution in [-0.4, -0.2) is 112 Å². The molecule has 11 rings (SSSR count). The zero-order valence-corrected chi connectivity index (χ0v) is 46.1. The zero-order valence-electron chi connectivity index (χ0n) is 45.3. The van der Waals surface area contributed by atoms with Gasteiger partial charge in [0.25, 0.3) is 17.7 Å². The van der Waals surface area contributed by atoms with Gasteiger partial charge in [0, 0.05) is 63.2 Å². The molecule has 0 bridgehead atoms. The van der Waals surface area contributed by atoms with Crippen LogP contribution in [0.5, 0.6) is 5.75 Å². The Labute approximate surface area is 466 Å². The number of esters is 1. The Balaban J connectivity index is 0.682. The molecule has 5 aliphatic rings. The number of benzene rings is 4. The molecule has 6 amide bonds. The van der Waals surface area contributed by atoms with Gasteiger partial charge in [-0.2, -0.15) is 0 Å². The minimum atomic E-state index is -1.14. The molecule has 1 aliphatic carbocycles. The van der Waals surface area contributed by atoms with E-state index in [-0.39, 0.29) is 53.3 Å².